The third-order valence-electron chi connectivity index (χ3n) is 4.37. The molecule has 1 heterocycles. The molecule has 0 saturated carbocycles. The Bertz CT molecular complexity index is 515. The molecule has 0 aliphatic carbocycles. The predicted molar refractivity (Wildman–Crippen MR) is 79.0 cm³/mol. The standard InChI is InChI=1S/C16H23NO4/c1-16(2,8-13(19)10-18)14-7-11-5-3-4-6-12(11)9-17(14)15(20)21/h3-6,13-14,18-19H,7-10H2,1-2H3,(H,20,21)/t13-,14-/m0/s1. The van der Waals surface area contributed by atoms with Gasteiger partial charge in [0, 0.05) is 12.6 Å². The largest absolute Gasteiger partial charge is 0.465 e. The summed E-state index contributed by atoms with van der Waals surface area (Å²) in [5, 5.41) is 28.3. The zero-order valence-electron chi connectivity index (χ0n) is 12.5. The number of amides is 1. The van der Waals surface area contributed by atoms with Gasteiger partial charge in [-0.2, -0.15) is 0 Å². The quantitative estimate of drug-likeness (QED) is 0.791. The first-order chi connectivity index (χ1) is 9.85. The second kappa shape index (κ2) is 6.03. The molecule has 0 bridgehead atoms. The van der Waals surface area contributed by atoms with Crippen molar-refractivity contribution in [1.82, 2.24) is 4.90 Å². The minimum Gasteiger partial charge on any atom is -0.465 e. The number of hydrogen-bond donors (Lipinski definition) is 3. The van der Waals surface area contributed by atoms with E-state index in [1.807, 2.05) is 38.1 Å². The lowest BCUT2D eigenvalue weighted by Crippen LogP contribution is -2.52. The van der Waals surface area contributed by atoms with Crippen molar-refractivity contribution in [3.05, 3.63) is 35.4 Å². The molecule has 1 aromatic carbocycles. The van der Waals surface area contributed by atoms with Crippen molar-refractivity contribution in [2.75, 3.05) is 6.61 Å². The summed E-state index contributed by atoms with van der Waals surface area (Å²) in [7, 11) is 0. The Morgan fingerprint density at radius 2 is 2.00 bits per heavy atom. The molecule has 0 aromatic heterocycles. The molecule has 0 fully saturated rings. The van der Waals surface area contributed by atoms with Crippen molar-refractivity contribution in [3.63, 3.8) is 0 Å². The second-order valence-corrected chi connectivity index (χ2v) is 6.43. The van der Waals surface area contributed by atoms with E-state index in [1.165, 1.54) is 4.90 Å². The van der Waals surface area contributed by atoms with Crippen LogP contribution in [0.25, 0.3) is 0 Å². The van der Waals surface area contributed by atoms with E-state index in [-0.39, 0.29) is 12.6 Å². The van der Waals surface area contributed by atoms with Crippen molar-refractivity contribution < 1.29 is 20.1 Å². The summed E-state index contributed by atoms with van der Waals surface area (Å²) in [6.45, 7) is 3.95. The van der Waals surface area contributed by atoms with Gasteiger partial charge in [0.15, 0.2) is 0 Å². The van der Waals surface area contributed by atoms with E-state index in [9.17, 15) is 15.0 Å². The highest BCUT2D eigenvalue weighted by molar-refractivity contribution is 5.66. The van der Waals surface area contributed by atoms with Gasteiger partial charge in [0.1, 0.15) is 0 Å². The molecule has 1 amide bonds. The van der Waals surface area contributed by atoms with Gasteiger partial charge in [-0.1, -0.05) is 38.1 Å². The number of fused-ring (bicyclic) bond motifs is 1. The van der Waals surface area contributed by atoms with Crippen LogP contribution in [0.5, 0.6) is 0 Å². The molecular weight excluding hydrogens is 270 g/mol. The number of hydrogen-bond acceptors (Lipinski definition) is 3. The number of rotatable bonds is 4. The number of nitrogens with zero attached hydrogens (tertiary/aromatic N) is 1. The molecule has 1 aliphatic heterocycles. The molecular formula is C16H23NO4. The van der Waals surface area contributed by atoms with Crippen LogP contribution in [0.2, 0.25) is 0 Å². The third-order valence-corrected chi connectivity index (χ3v) is 4.37. The van der Waals surface area contributed by atoms with Gasteiger partial charge in [-0.3, -0.25) is 0 Å². The molecule has 2 rings (SSSR count). The maximum Gasteiger partial charge on any atom is 0.407 e. The molecule has 1 aromatic rings. The third kappa shape index (κ3) is 3.36. The number of aliphatic hydroxyl groups is 2. The zero-order chi connectivity index (χ0) is 15.6. The minimum atomic E-state index is -0.943. The van der Waals surface area contributed by atoms with Crippen molar-refractivity contribution >= 4 is 6.09 Å². The highest BCUT2D eigenvalue weighted by atomic mass is 16.4. The van der Waals surface area contributed by atoms with Crippen LogP contribution in [-0.2, 0) is 13.0 Å². The lowest BCUT2D eigenvalue weighted by Gasteiger charge is -2.45. The van der Waals surface area contributed by atoms with Gasteiger partial charge in [-0.05, 0) is 29.4 Å². The molecule has 3 N–H and O–H groups in total. The van der Waals surface area contributed by atoms with Gasteiger partial charge in [0.25, 0.3) is 0 Å². The van der Waals surface area contributed by atoms with Crippen LogP contribution in [0.3, 0.4) is 0 Å². The smallest absolute Gasteiger partial charge is 0.407 e. The lowest BCUT2D eigenvalue weighted by molar-refractivity contribution is 0.0101. The van der Waals surface area contributed by atoms with Crippen LogP contribution >= 0.6 is 0 Å². The van der Waals surface area contributed by atoms with Gasteiger partial charge in [-0.25, -0.2) is 4.79 Å². The van der Waals surface area contributed by atoms with Crippen LogP contribution in [0.15, 0.2) is 24.3 Å². The topological polar surface area (TPSA) is 81.0 Å². The molecule has 2 atom stereocenters. The summed E-state index contributed by atoms with van der Waals surface area (Å²) in [6.07, 6.45) is -0.776. The van der Waals surface area contributed by atoms with Gasteiger partial charge in [0.05, 0.1) is 12.7 Å². The summed E-state index contributed by atoms with van der Waals surface area (Å²) in [6, 6.07) is 7.64. The minimum absolute atomic E-state index is 0.217. The monoisotopic (exact) mass is 293 g/mol. The fourth-order valence-corrected chi connectivity index (χ4v) is 3.23. The Labute approximate surface area is 124 Å². The predicted octanol–water partition coefficient (Wildman–Crippen LogP) is 1.86. The number of carbonyl (C=O) groups is 1. The van der Waals surface area contributed by atoms with Gasteiger partial charge in [0.2, 0.25) is 0 Å². The maximum atomic E-state index is 11.6. The first-order valence-electron chi connectivity index (χ1n) is 7.20. The first kappa shape index (κ1) is 15.8. The summed E-state index contributed by atoms with van der Waals surface area (Å²) in [5.41, 5.74) is 1.77. The molecule has 0 unspecified atom stereocenters. The van der Waals surface area contributed by atoms with E-state index in [4.69, 9.17) is 5.11 Å². The Morgan fingerprint density at radius 1 is 1.38 bits per heavy atom. The summed E-state index contributed by atoms with van der Waals surface area (Å²) >= 11 is 0. The van der Waals surface area contributed by atoms with E-state index in [0.717, 1.165) is 11.1 Å². The van der Waals surface area contributed by atoms with E-state index in [0.29, 0.717) is 19.4 Å². The Hall–Kier alpha value is -1.59. The second-order valence-electron chi connectivity index (χ2n) is 6.43. The fraction of sp³-hybridized carbons (Fsp3) is 0.562. The Kier molecular flexibility index (Phi) is 4.54. The molecule has 5 heteroatoms. The summed E-state index contributed by atoms with van der Waals surface area (Å²) < 4.78 is 0. The normalized spacial score (nSPS) is 20.0. The van der Waals surface area contributed by atoms with Crippen LogP contribution in [0.4, 0.5) is 4.79 Å². The summed E-state index contributed by atoms with van der Waals surface area (Å²) in [5.74, 6) is 0. The molecule has 0 spiro atoms. The lowest BCUT2D eigenvalue weighted by atomic mass is 9.74. The average Bonchev–Trinajstić information content (AvgIpc) is 2.45. The number of aliphatic hydroxyl groups excluding tert-OH is 2. The van der Waals surface area contributed by atoms with Crippen molar-refractivity contribution in [3.8, 4) is 0 Å². The van der Waals surface area contributed by atoms with Crippen LogP contribution < -0.4 is 0 Å². The molecule has 0 saturated heterocycles. The number of carboxylic acid groups (broad SMARTS) is 1. The zero-order valence-corrected chi connectivity index (χ0v) is 12.5. The van der Waals surface area contributed by atoms with Gasteiger partial charge < -0.3 is 20.2 Å². The van der Waals surface area contributed by atoms with E-state index < -0.39 is 17.6 Å². The van der Waals surface area contributed by atoms with Crippen LogP contribution in [-0.4, -0.2) is 45.1 Å². The van der Waals surface area contributed by atoms with E-state index >= 15 is 0 Å². The van der Waals surface area contributed by atoms with Crippen LogP contribution in [0, 0.1) is 5.41 Å². The Balaban J connectivity index is 2.30. The van der Waals surface area contributed by atoms with Gasteiger partial charge >= 0.3 is 6.09 Å². The highest BCUT2D eigenvalue weighted by Crippen LogP contribution is 2.37. The molecule has 116 valence electrons. The molecule has 0 radical (unpaired) electrons. The van der Waals surface area contributed by atoms with E-state index in [2.05, 4.69) is 0 Å². The molecule has 1 aliphatic rings. The van der Waals surface area contributed by atoms with Crippen molar-refractivity contribution in [2.45, 2.75) is 45.4 Å². The van der Waals surface area contributed by atoms with Crippen LogP contribution in [0.1, 0.15) is 31.4 Å². The molecule has 21 heavy (non-hydrogen) atoms. The maximum absolute atomic E-state index is 11.6. The molecule has 5 nitrogen and oxygen atoms in total. The fourth-order valence-electron chi connectivity index (χ4n) is 3.23. The van der Waals surface area contributed by atoms with Crippen molar-refractivity contribution in [2.24, 2.45) is 5.41 Å². The number of benzene rings is 1. The summed E-state index contributed by atoms with van der Waals surface area (Å²) in [4.78, 5) is 13.0. The average molecular weight is 293 g/mol. The highest BCUT2D eigenvalue weighted by Gasteiger charge is 2.40. The SMILES string of the molecule is CC(C)(C[C@H](O)CO)[C@@H]1Cc2ccccc2CN1C(=O)O. The van der Waals surface area contributed by atoms with Gasteiger partial charge in [-0.15, -0.1) is 0 Å². The van der Waals surface area contributed by atoms with E-state index in [1.54, 1.807) is 0 Å². The Morgan fingerprint density at radius 3 is 2.57 bits per heavy atom. The van der Waals surface area contributed by atoms with Crippen molar-refractivity contribution in [1.29, 1.82) is 0 Å². The first-order valence-corrected chi connectivity index (χ1v) is 7.20.